The first kappa shape index (κ1) is 17.8. The SMILES string of the molecule is CS(=O)(=O)c1cnc(COc2cccc(F)c2)nc1[C@@H]1CCCNC1. The third-order valence-corrected chi connectivity index (χ3v) is 5.19. The smallest absolute Gasteiger partial charge is 0.178 e. The number of nitrogens with one attached hydrogen (secondary N) is 1. The molecule has 1 aliphatic heterocycles. The van der Waals surface area contributed by atoms with E-state index in [9.17, 15) is 12.8 Å². The van der Waals surface area contributed by atoms with Gasteiger partial charge in [-0.25, -0.2) is 22.8 Å². The van der Waals surface area contributed by atoms with Crippen LogP contribution in [0.5, 0.6) is 5.75 Å². The van der Waals surface area contributed by atoms with Crippen molar-refractivity contribution in [1.82, 2.24) is 15.3 Å². The summed E-state index contributed by atoms with van der Waals surface area (Å²) in [6, 6.07) is 5.80. The zero-order chi connectivity index (χ0) is 17.9. The van der Waals surface area contributed by atoms with Crippen LogP contribution in [-0.4, -0.2) is 37.7 Å². The minimum absolute atomic E-state index is 0.0226. The average molecular weight is 365 g/mol. The Kier molecular flexibility index (Phi) is 5.29. The maximum absolute atomic E-state index is 13.2. The van der Waals surface area contributed by atoms with Crippen LogP contribution >= 0.6 is 0 Å². The van der Waals surface area contributed by atoms with Crippen molar-refractivity contribution >= 4 is 9.84 Å². The van der Waals surface area contributed by atoms with E-state index in [4.69, 9.17) is 4.74 Å². The van der Waals surface area contributed by atoms with Crippen molar-refractivity contribution in [3.8, 4) is 5.75 Å². The van der Waals surface area contributed by atoms with Gasteiger partial charge in [-0.1, -0.05) is 6.07 Å². The summed E-state index contributed by atoms with van der Waals surface area (Å²) in [4.78, 5) is 8.72. The van der Waals surface area contributed by atoms with E-state index in [0.717, 1.165) is 25.6 Å². The average Bonchev–Trinajstić information content (AvgIpc) is 2.60. The molecule has 0 radical (unpaired) electrons. The largest absolute Gasteiger partial charge is 0.486 e. The summed E-state index contributed by atoms with van der Waals surface area (Å²) in [5, 5.41) is 3.27. The number of nitrogens with zero attached hydrogens (tertiary/aromatic N) is 2. The van der Waals surface area contributed by atoms with E-state index < -0.39 is 9.84 Å². The maximum atomic E-state index is 13.2. The molecule has 1 N–H and O–H groups in total. The molecule has 134 valence electrons. The second kappa shape index (κ2) is 7.45. The quantitative estimate of drug-likeness (QED) is 0.874. The zero-order valence-corrected chi connectivity index (χ0v) is 14.7. The Hall–Kier alpha value is -2.06. The predicted molar refractivity (Wildman–Crippen MR) is 90.7 cm³/mol. The molecule has 8 heteroatoms. The van der Waals surface area contributed by atoms with E-state index in [0.29, 0.717) is 23.8 Å². The van der Waals surface area contributed by atoms with Crippen molar-refractivity contribution in [3.63, 3.8) is 0 Å². The predicted octanol–water partition coefficient (Wildman–Crippen LogP) is 2.07. The maximum Gasteiger partial charge on any atom is 0.178 e. The minimum atomic E-state index is -3.42. The molecular formula is C17H20FN3O3S. The minimum Gasteiger partial charge on any atom is -0.486 e. The van der Waals surface area contributed by atoms with E-state index in [-0.39, 0.29) is 23.2 Å². The fourth-order valence-electron chi connectivity index (χ4n) is 2.86. The lowest BCUT2D eigenvalue weighted by Crippen LogP contribution is -2.30. The monoisotopic (exact) mass is 365 g/mol. The fraction of sp³-hybridized carbons (Fsp3) is 0.412. The van der Waals surface area contributed by atoms with Gasteiger partial charge < -0.3 is 10.1 Å². The molecular weight excluding hydrogens is 345 g/mol. The molecule has 3 rings (SSSR count). The first-order valence-electron chi connectivity index (χ1n) is 8.08. The summed E-state index contributed by atoms with van der Waals surface area (Å²) in [6.07, 6.45) is 4.34. The molecule has 1 aromatic carbocycles. The Labute approximate surface area is 146 Å². The zero-order valence-electron chi connectivity index (χ0n) is 13.9. The van der Waals surface area contributed by atoms with Gasteiger partial charge >= 0.3 is 0 Å². The molecule has 2 heterocycles. The highest BCUT2D eigenvalue weighted by molar-refractivity contribution is 7.90. The second-order valence-corrected chi connectivity index (χ2v) is 8.08. The Balaban J connectivity index is 1.85. The number of hydrogen-bond acceptors (Lipinski definition) is 6. The molecule has 0 amide bonds. The number of piperidine rings is 1. The van der Waals surface area contributed by atoms with Gasteiger partial charge in [-0.05, 0) is 31.5 Å². The summed E-state index contributed by atoms with van der Waals surface area (Å²) in [5.74, 6) is 0.378. The van der Waals surface area contributed by atoms with Crippen LogP contribution in [-0.2, 0) is 16.4 Å². The van der Waals surface area contributed by atoms with Crippen molar-refractivity contribution < 1.29 is 17.5 Å². The highest BCUT2D eigenvalue weighted by Crippen LogP contribution is 2.27. The topological polar surface area (TPSA) is 81.2 Å². The normalized spacial score (nSPS) is 18.1. The van der Waals surface area contributed by atoms with Gasteiger partial charge in [0, 0.05) is 31.0 Å². The number of halogens is 1. The van der Waals surface area contributed by atoms with Crippen molar-refractivity contribution in [2.75, 3.05) is 19.3 Å². The summed E-state index contributed by atoms with van der Waals surface area (Å²) in [7, 11) is -3.42. The number of rotatable bonds is 5. The third kappa shape index (κ3) is 4.52. The summed E-state index contributed by atoms with van der Waals surface area (Å²) in [6.45, 7) is 1.65. The highest BCUT2D eigenvalue weighted by atomic mass is 32.2. The number of aromatic nitrogens is 2. The molecule has 0 aliphatic carbocycles. The van der Waals surface area contributed by atoms with E-state index in [1.807, 2.05) is 0 Å². The number of hydrogen-bond donors (Lipinski definition) is 1. The van der Waals surface area contributed by atoms with Gasteiger partial charge in [0.25, 0.3) is 0 Å². The van der Waals surface area contributed by atoms with Crippen LogP contribution < -0.4 is 10.1 Å². The van der Waals surface area contributed by atoms with Crippen LogP contribution in [0.15, 0.2) is 35.4 Å². The Morgan fingerprint density at radius 2 is 2.24 bits per heavy atom. The molecule has 1 fully saturated rings. The highest BCUT2D eigenvalue weighted by Gasteiger charge is 2.25. The molecule has 6 nitrogen and oxygen atoms in total. The fourth-order valence-corrected chi connectivity index (χ4v) is 3.70. The van der Waals surface area contributed by atoms with Crippen molar-refractivity contribution in [3.05, 3.63) is 47.8 Å². The van der Waals surface area contributed by atoms with Crippen LogP contribution in [0.1, 0.15) is 30.3 Å². The molecule has 0 bridgehead atoms. The molecule has 1 aromatic heterocycles. The van der Waals surface area contributed by atoms with Crippen molar-refractivity contribution in [2.24, 2.45) is 0 Å². The third-order valence-electron chi connectivity index (χ3n) is 4.08. The second-order valence-electron chi connectivity index (χ2n) is 6.10. The van der Waals surface area contributed by atoms with E-state index in [1.54, 1.807) is 12.1 Å². The summed E-state index contributed by atoms with van der Waals surface area (Å²) < 4.78 is 42.8. The van der Waals surface area contributed by atoms with Gasteiger partial charge in [-0.15, -0.1) is 0 Å². The number of benzene rings is 1. The molecule has 25 heavy (non-hydrogen) atoms. The molecule has 0 saturated carbocycles. The lowest BCUT2D eigenvalue weighted by Gasteiger charge is -2.24. The van der Waals surface area contributed by atoms with Crippen LogP contribution in [0.25, 0.3) is 0 Å². The first-order valence-corrected chi connectivity index (χ1v) is 9.97. The van der Waals surface area contributed by atoms with Crippen LogP contribution in [0.2, 0.25) is 0 Å². The first-order chi connectivity index (χ1) is 11.9. The molecule has 1 saturated heterocycles. The van der Waals surface area contributed by atoms with Gasteiger partial charge in [-0.2, -0.15) is 0 Å². The van der Waals surface area contributed by atoms with E-state index in [2.05, 4.69) is 15.3 Å². The molecule has 1 atom stereocenters. The van der Waals surface area contributed by atoms with Crippen LogP contribution in [0.3, 0.4) is 0 Å². The lowest BCUT2D eigenvalue weighted by molar-refractivity contribution is 0.292. The van der Waals surface area contributed by atoms with Gasteiger partial charge in [-0.3, -0.25) is 0 Å². The van der Waals surface area contributed by atoms with Crippen LogP contribution in [0, 0.1) is 5.82 Å². The van der Waals surface area contributed by atoms with Gasteiger partial charge in [0.05, 0.1) is 5.69 Å². The van der Waals surface area contributed by atoms with Gasteiger partial charge in [0.2, 0.25) is 0 Å². The standard InChI is InChI=1S/C17H20FN3O3S/c1-25(22,23)15-10-20-16(11-24-14-6-2-5-13(18)8-14)21-17(15)12-4-3-7-19-9-12/h2,5-6,8,10,12,19H,3-4,7,9,11H2,1H3/t12-/m1/s1. The van der Waals surface area contributed by atoms with Crippen molar-refractivity contribution in [2.45, 2.75) is 30.3 Å². The number of sulfone groups is 1. The summed E-state index contributed by atoms with van der Waals surface area (Å²) in [5.41, 5.74) is 0.530. The molecule has 0 unspecified atom stereocenters. The molecule has 1 aliphatic rings. The molecule has 0 spiro atoms. The Bertz CT molecular complexity index is 852. The van der Waals surface area contributed by atoms with E-state index in [1.165, 1.54) is 18.3 Å². The van der Waals surface area contributed by atoms with E-state index >= 15 is 0 Å². The Morgan fingerprint density at radius 1 is 1.40 bits per heavy atom. The van der Waals surface area contributed by atoms with Crippen molar-refractivity contribution in [1.29, 1.82) is 0 Å². The van der Waals surface area contributed by atoms with Gasteiger partial charge in [0.15, 0.2) is 15.7 Å². The van der Waals surface area contributed by atoms with Gasteiger partial charge in [0.1, 0.15) is 23.1 Å². The summed E-state index contributed by atoms with van der Waals surface area (Å²) >= 11 is 0. The Morgan fingerprint density at radius 3 is 2.92 bits per heavy atom. The number of ether oxygens (including phenoxy) is 1. The molecule has 2 aromatic rings. The lowest BCUT2D eigenvalue weighted by atomic mass is 9.96. The van der Waals surface area contributed by atoms with Crippen LogP contribution in [0.4, 0.5) is 4.39 Å².